The van der Waals surface area contributed by atoms with Crippen molar-refractivity contribution in [2.75, 3.05) is 13.2 Å². The van der Waals surface area contributed by atoms with E-state index in [0.29, 0.717) is 0 Å². The molecule has 0 aliphatic carbocycles. The second-order valence-electron chi connectivity index (χ2n) is 7.48. The minimum absolute atomic E-state index is 0.0696. The number of hydrogen-bond donors (Lipinski definition) is 1. The molecule has 29 heavy (non-hydrogen) atoms. The van der Waals surface area contributed by atoms with Crippen LogP contribution in [0, 0.1) is 0 Å². The highest BCUT2D eigenvalue weighted by atomic mass is 32.1. The number of hydrogen-bond acceptors (Lipinski definition) is 4. The second kappa shape index (κ2) is 7.97. The third kappa shape index (κ3) is 3.66. The third-order valence-electron chi connectivity index (χ3n) is 5.60. The van der Waals surface area contributed by atoms with E-state index in [1.807, 2.05) is 48.7 Å². The molecule has 3 aromatic rings. The predicted octanol–water partition coefficient (Wildman–Crippen LogP) is 4.49. The lowest BCUT2D eigenvalue weighted by atomic mass is 10.0. The maximum atomic E-state index is 6.34. The molecule has 5 nitrogen and oxygen atoms in total. The van der Waals surface area contributed by atoms with Crippen molar-refractivity contribution in [1.82, 2.24) is 15.2 Å². The highest BCUT2D eigenvalue weighted by molar-refractivity contribution is 7.80. The van der Waals surface area contributed by atoms with E-state index in [9.17, 15) is 0 Å². The van der Waals surface area contributed by atoms with Gasteiger partial charge in [0.25, 0.3) is 0 Å². The summed E-state index contributed by atoms with van der Waals surface area (Å²) in [4.78, 5) is 6.79. The van der Waals surface area contributed by atoms with Crippen molar-refractivity contribution in [2.45, 2.75) is 31.0 Å². The Kier molecular flexibility index (Phi) is 5.04. The molecule has 0 amide bonds. The largest absolute Gasteiger partial charge is 0.459 e. The molecule has 2 aromatic heterocycles. The van der Waals surface area contributed by atoms with Crippen molar-refractivity contribution < 1.29 is 9.15 Å². The first-order valence-electron chi connectivity index (χ1n) is 10.0. The lowest BCUT2D eigenvalue weighted by molar-refractivity contribution is 0.0818. The molecule has 0 radical (unpaired) electrons. The molecular formula is C23H23N3O2S. The molecule has 4 heterocycles. The van der Waals surface area contributed by atoms with E-state index in [0.717, 1.165) is 53.9 Å². The minimum atomic E-state index is -0.0703. The number of thiocarbonyl (C=S) groups is 1. The number of benzene rings is 1. The summed E-state index contributed by atoms with van der Waals surface area (Å²) in [6.45, 7) is 1.58. The van der Waals surface area contributed by atoms with Crippen molar-refractivity contribution in [2.24, 2.45) is 0 Å². The molecule has 2 fully saturated rings. The van der Waals surface area contributed by atoms with Gasteiger partial charge in [-0.3, -0.25) is 4.98 Å². The Morgan fingerprint density at radius 2 is 1.93 bits per heavy atom. The van der Waals surface area contributed by atoms with Gasteiger partial charge < -0.3 is 19.4 Å². The van der Waals surface area contributed by atoms with Crippen LogP contribution in [0.4, 0.5) is 0 Å². The Morgan fingerprint density at radius 3 is 2.69 bits per heavy atom. The first kappa shape index (κ1) is 18.3. The van der Waals surface area contributed by atoms with Crippen LogP contribution in [0.3, 0.4) is 0 Å². The van der Waals surface area contributed by atoms with Gasteiger partial charge in [0, 0.05) is 24.9 Å². The molecule has 1 N–H and O–H groups in total. The molecule has 1 aromatic carbocycles. The van der Waals surface area contributed by atoms with E-state index in [1.165, 1.54) is 0 Å². The zero-order valence-electron chi connectivity index (χ0n) is 16.0. The van der Waals surface area contributed by atoms with Gasteiger partial charge in [-0.15, -0.1) is 0 Å². The smallest absolute Gasteiger partial charge is 0.170 e. The highest BCUT2D eigenvalue weighted by Crippen LogP contribution is 2.40. The summed E-state index contributed by atoms with van der Waals surface area (Å²) in [7, 11) is 0. The van der Waals surface area contributed by atoms with Crippen molar-refractivity contribution in [3.8, 4) is 11.3 Å². The van der Waals surface area contributed by atoms with E-state index in [2.05, 4.69) is 33.4 Å². The van der Waals surface area contributed by atoms with Gasteiger partial charge in [-0.05, 0) is 49.3 Å². The third-order valence-corrected chi connectivity index (χ3v) is 5.95. The fraction of sp³-hybridized carbons (Fsp3) is 0.304. The van der Waals surface area contributed by atoms with Gasteiger partial charge in [0.15, 0.2) is 5.11 Å². The van der Waals surface area contributed by atoms with Crippen LogP contribution in [0.2, 0.25) is 0 Å². The predicted molar refractivity (Wildman–Crippen MR) is 115 cm³/mol. The number of nitrogens with one attached hydrogen (secondary N) is 1. The number of pyridine rings is 1. The van der Waals surface area contributed by atoms with Gasteiger partial charge in [-0.2, -0.15) is 0 Å². The second-order valence-corrected chi connectivity index (χ2v) is 7.87. The van der Waals surface area contributed by atoms with Crippen LogP contribution in [0.25, 0.3) is 11.3 Å². The number of furan rings is 1. The summed E-state index contributed by atoms with van der Waals surface area (Å²) in [6.07, 6.45) is 4.18. The number of nitrogens with zero attached hydrogens (tertiary/aromatic N) is 2. The first-order valence-corrected chi connectivity index (χ1v) is 10.5. The summed E-state index contributed by atoms with van der Waals surface area (Å²) in [5.41, 5.74) is 2.01. The Hall–Kier alpha value is -2.70. The van der Waals surface area contributed by atoms with Crippen LogP contribution in [0.5, 0.6) is 0 Å². The molecule has 6 heteroatoms. The number of rotatable bonds is 5. The van der Waals surface area contributed by atoms with Gasteiger partial charge in [-0.25, -0.2) is 0 Å². The molecule has 3 unspecified atom stereocenters. The standard InChI is InChI=1S/C23H23N3O2S/c29-23-25-21(18-10-4-5-13-24-18)22(26(23)15-17-9-6-14-27-17)20-12-11-19(28-20)16-7-2-1-3-8-16/h1-5,7-8,10-13,17,21-22H,6,9,14-15H2,(H,25,29). The average Bonchev–Trinajstić information content (AvgIpc) is 3.51. The molecule has 3 atom stereocenters. The number of ether oxygens (including phenoxy) is 1. The Balaban J connectivity index is 1.50. The van der Waals surface area contributed by atoms with Crippen molar-refractivity contribution >= 4 is 17.3 Å². The molecule has 0 bridgehead atoms. The summed E-state index contributed by atoms with van der Waals surface area (Å²) >= 11 is 5.72. The van der Waals surface area contributed by atoms with Crippen LogP contribution in [0.1, 0.15) is 36.4 Å². The summed E-state index contributed by atoms with van der Waals surface area (Å²) in [5, 5.41) is 4.19. The van der Waals surface area contributed by atoms with Gasteiger partial charge in [0.05, 0.1) is 17.8 Å². The van der Waals surface area contributed by atoms with E-state index in [1.54, 1.807) is 0 Å². The summed E-state index contributed by atoms with van der Waals surface area (Å²) in [6, 6.07) is 20.1. The lowest BCUT2D eigenvalue weighted by Crippen LogP contribution is -2.36. The van der Waals surface area contributed by atoms with Crippen LogP contribution < -0.4 is 5.32 Å². The molecule has 148 valence electrons. The molecule has 2 aliphatic rings. The molecule has 5 rings (SSSR count). The fourth-order valence-corrected chi connectivity index (χ4v) is 4.50. The van der Waals surface area contributed by atoms with Crippen LogP contribution in [0.15, 0.2) is 71.3 Å². The lowest BCUT2D eigenvalue weighted by Gasteiger charge is -2.28. The maximum Gasteiger partial charge on any atom is 0.170 e. The molecule has 2 saturated heterocycles. The average molecular weight is 406 g/mol. The summed E-state index contributed by atoms with van der Waals surface area (Å²) in [5.74, 6) is 1.74. The van der Waals surface area contributed by atoms with E-state index in [4.69, 9.17) is 21.4 Å². The highest BCUT2D eigenvalue weighted by Gasteiger charge is 2.42. The zero-order valence-corrected chi connectivity index (χ0v) is 16.8. The van der Waals surface area contributed by atoms with E-state index < -0.39 is 0 Å². The van der Waals surface area contributed by atoms with E-state index >= 15 is 0 Å². The Bertz CT molecular complexity index is 970. The first-order chi connectivity index (χ1) is 14.3. The van der Waals surface area contributed by atoms with Crippen molar-refractivity contribution in [3.63, 3.8) is 0 Å². The van der Waals surface area contributed by atoms with Crippen molar-refractivity contribution in [3.05, 3.63) is 78.3 Å². The van der Waals surface area contributed by atoms with Gasteiger partial charge >= 0.3 is 0 Å². The quantitative estimate of drug-likeness (QED) is 0.631. The minimum Gasteiger partial charge on any atom is -0.459 e. The van der Waals surface area contributed by atoms with Gasteiger partial charge in [-0.1, -0.05) is 36.4 Å². The number of aromatic nitrogens is 1. The Labute approximate surface area is 175 Å². The van der Waals surface area contributed by atoms with Crippen molar-refractivity contribution in [1.29, 1.82) is 0 Å². The van der Waals surface area contributed by atoms with Crippen LogP contribution in [-0.4, -0.2) is 34.3 Å². The van der Waals surface area contributed by atoms with Crippen LogP contribution in [-0.2, 0) is 4.74 Å². The van der Waals surface area contributed by atoms with Crippen LogP contribution >= 0.6 is 12.2 Å². The molecule has 2 aliphatic heterocycles. The zero-order chi connectivity index (χ0) is 19.6. The topological polar surface area (TPSA) is 50.5 Å². The molecule has 0 saturated carbocycles. The fourth-order valence-electron chi connectivity index (χ4n) is 4.19. The molecular weight excluding hydrogens is 382 g/mol. The molecule has 0 spiro atoms. The summed E-state index contributed by atoms with van der Waals surface area (Å²) < 4.78 is 12.2. The van der Waals surface area contributed by atoms with Gasteiger partial charge in [0.1, 0.15) is 17.6 Å². The Morgan fingerprint density at radius 1 is 1.07 bits per heavy atom. The SMILES string of the molecule is S=C1NC(c2ccccn2)C(c2ccc(-c3ccccc3)o2)N1CC1CCCO1. The monoisotopic (exact) mass is 405 g/mol. The van der Waals surface area contributed by atoms with Gasteiger partial charge in [0.2, 0.25) is 0 Å². The maximum absolute atomic E-state index is 6.34. The normalized spacial score (nSPS) is 24.1. The van der Waals surface area contributed by atoms with E-state index in [-0.39, 0.29) is 18.2 Å².